The van der Waals surface area contributed by atoms with Crippen molar-refractivity contribution in [2.45, 2.75) is 0 Å². The van der Waals surface area contributed by atoms with Crippen molar-refractivity contribution >= 4 is 35.2 Å². The SMILES string of the molecule is Oc1ccc(C=Nn2nc3c(n2)C(=NNc2ccccc2)c2nn(N=Cc4ccc(O)cc4O)nc2C3=NNc2ccccc2)c(O)c1. The Balaban J connectivity index is 1.34. The lowest BCUT2D eigenvalue weighted by atomic mass is 9.98. The molecule has 0 fully saturated rings. The molecule has 16 nitrogen and oxygen atoms in total. The van der Waals surface area contributed by atoms with E-state index in [2.05, 4.69) is 51.7 Å². The van der Waals surface area contributed by atoms with Crippen LogP contribution in [0.5, 0.6) is 23.0 Å². The lowest BCUT2D eigenvalue weighted by molar-refractivity contribution is 0.449. The van der Waals surface area contributed by atoms with Gasteiger partial charge in [-0.15, -0.1) is 30.6 Å². The van der Waals surface area contributed by atoms with E-state index < -0.39 is 0 Å². The van der Waals surface area contributed by atoms with Gasteiger partial charge in [-0.25, -0.2) is 0 Å². The van der Waals surface area contributed by atoms with Gasteiger partial charge in [0.2, 0.25) is 0 Å². The van der Waals surface area contributed by atoms with Crippen molar-refractivity contribution in [1.29, 1.82) is 0 Å². The summed E-state index contributed by atoms with van der Waals surface area (Å²) < 4.78 is 0. The van der Waals surface area contributed by atoms with E-state index in [0.29, 0.717) is 22.5 Å². The summed E-state index contributed by atoms with van der Waals surface area (Å²) in [6, 6.07) is 26.7. The number of nitrogens with one attached hydrogen (secondary N) is 2. The molecule has 236 valence electrons. The number of nitrogens with zero attached hydrogens (tertiary/aromatic N) is 10. The number of hydrazone groups is 2. The van der Waals surface area contributed by atoms with Crippen molar-refractivity contribution in [1.82, 2.24) is 30.2 Å². The van der Waals surface area contributed by atoms with E-state index in [1.165, 1.54) is 48.8 Å². The molecule has 4 aromatic carbocycles. The Morgan fingerprint density at radius 1 is 0.500 bits per heavy atom. The molecule has 7 rings (SSSR count). The first-order valence-electron chi connectivity index (χ1n) is 14.3. The molecule has 6 aromatic rings. The minimum atomic E-state index is -0.182. The molecule has 2 aromatic heterocycles. The first kappa shape index (κ1) is 29.4. The van der Waals surface area contributed by atoms with Crippen LogP contribution >= 0.6 is 0 Å². The number of aromatic hydroxyl groups is 4. The number of phenols is 4. The molecule has 0 radical (unpaired) electrons. The molecule has 0 amide bonds. The first-order valence-corrected chi connectivity index (χ1v) is 14.3. The van der Waals surface area contributed by atoms with Crippen molar-refractivity contribution in [3.8, 4) is 23.0 Å². The number of fused-ring (bicyclic) bond motifs is 2. The Kier molecular flexibility index (Phi) is 7.68. The fraction of sp³-hybridized carbons (Fsp3) is 0. The Labute approximate surface area is 270 Å². The second-order valence-electron chi connectivity index (χ2n) is 10.2. The Hall–Kier alpha value is -7.36. The molecule has 0 aliphatic heterocycles. The number of hydrogen-bond donors (Lipinski definition) is 6. The fourth-order valence-electron chi connectivity index (χ4n) is 4.55. The van der Waals surface area contributed by atoms with Gasteiger partial charge in [0, 0.05) is 23.3 Å². The molecular formula is C32H24N12O4. The lowest BCUT2D eigenvalue weighted by Gasteiger charge is -2.12. The van der Waals surface area contributed by atoms with E-state index in [9.17, 15) is 20.4 Å². The van der Waals surface area contributed by atoms with Gasteiger partial charge < -0.3 is 20.4 Å². The molecular weight excluding hydrogens is 616 g/mol. The molecule has 2 heterocycles. The van der Waals surface area contributed by atoms with Gasteiger partial charge in [0.15, 0.2) is 0 Å². The van der Waals surface area contributed by atoms with Gasteiger partial charge >= 0.3 is 0 Å². The highest BCUT2D eigenvalue weighted by molar-refractivity contribution is 6.28. The number of phenolic OH excluding ortho intramolecular Hbond substituents is 4. The smallest absolute Gasteiger partial charge is 0.147 e. The minimum Gasteiger partial charge on any atom is -0.508 e. The minimum absolute atomic E-state index is 0.0952. The topological polar surface area (TPSA) is 216 Å². The second-order valence-corrected chi connectivity index (χ2v) is 10.2. The molecule has 1 aliphatic rings. The molecule has 0 saturated carbocycles. The number of aromatic nitrogens is 6. The Morgan fingerprint density at radius 3 is 1.23 bits per heavy atom. The van der Waals surface area contributed by atoms with Crippen LogP contribution < -0.4 is 10.9 Å². The number of anilines is 2. The molecule has 6 N–H and O–H groups in total. The van der Waals surface area contributed by atoms with Gasteiger partial charge in [-0.2, -0.15) is 10.2 Å². The predicted molar refractivity (Wildman–Crippen MR) is 177 cm³/mol. The van der Waals surface area contributed by atoms with Crippen molar-refractivity contribution in [2.75, 3.05) is 10.9 Å². The molecule has 0 saturated heterocycles. The van der Waals surface area contributed by atoms with Crippen LogP contribution in [0.2, 0.25) is 0 Å². The fourth-order valence-corrected chi connectivity index (χ4v) is 4.55. The zero-order valence-electron chi connectivity index (χ0n) is 24.7. The van der Waals surface area contributed by atoms with Crippen LogP contribution in [-0.4, -0.2) is 74.5 Å². The molecule has 0 spiro atoms. The number of para-hydroxylation sites is 2. The highest BCUT2D eigenvalue weighted by Crippen LogP contribution is 2.26. The molecule has 48 heavy (non-hydrogen) atoms. The van der Waals surface area contributed by atoms with E-state index in [4.69, 9.17) is 0 Å². The average Bonchev–Trinajstić information content (AvgIpc) is 3.71. The van der Waals surface area contributed by atoms with Crippen LogP contribution in [-0.2, 0) is 0 Å². The summed E-state index contributed by atoms with van der Waals surface area (Å²) in [7, 11) is 0. The van der Waals surface area contributed by atoms with Gasteiger partial charge in [0.25, 0.3) is 0 Å². The Bertz CT molecular complexity index is 2040. The van der Waals surface area contributed by atoms with Crippen molar-refractivity contribution in [3.63, 3.8) is 0 Å². The van der Waals surface area contributed by atoms with Crippen LogP contribution in [0.4, 0.5) is 11.4 Å². The number of hydrogen-bond acceptors (Lipinski definition) is 14. The summed E-state index contributed by atoms with van der Waals surface area (Å²) in [6.07, 6.45) is 2.67. The third-order valence-electron chi connectivity index (χ3n) is 6.87. The standard InChI is InChI=1S/C32H24N12O4/c45-23-13-11-19(25(47)15-23)17-33-43-39-29-27(37-35-21-7-3-1-4-8-21)30-32(28(31(29)41-43)38-36-22-9-5-2-6-10-22)42-44(40-30)34-18-20-12-14-24(46)16-26(20)48/h1-18,35-36,45-48H. The van der Waals surface area contributed by atoms with E-state index in [1.54, 1.807) is 0 Å². The van der Waals surface area contributed by atoms with Crippen LogP contribution in [0.25, 0.3) is 0 Å². The van der Waals surface area contributed by atoms with Crippen LogP contribution in [0, 0.1) is 0 Å². The van der Waals surface area contributed by atoms with Gasteiger partial charge in [0.05, 0.1) is 23.8 Å². The van der Waals surface area contributed by atoms with Gasteiger partial charge in [0.1, 0.15) is 57.2 Å². The third kappa shape index (κ3) is 6.11. The summed E-state index contributed by atoms with van der Waals surface area (Å²) in [6.45, 7) is 0. The van der Waals surface area contributed by atoms with Gasteiger partial charge in [-0.05, 0) is 48.5 Å². The second kappa shape index (κ2) is 12.6. The van der Waals surface area contributed by atoms with Crippen molar-refractivity contribution < 1.29 is 20.4 Å². The largest absolute Gasteiger partial charge is 0.508 e. The maximum absolute atomic E-state index is 10.2. The van der Waals surface area contributed by atoms with E-state index >= 15 is 0 Å². The lowest BCUT2D eigenvalue weighted by Crippen LogP contribution is -2.24. The average molecular weight is 641 g/mol. The van der Waals surface area contributed by atoms with Gasteiger partial charge in [-0.3, -0.25) is 10.9 Å². The molecule has 0 atom stereocenters. The zero-order valence-corrected chi connectivity index (χ0v) is 24.7. The van der Waals surface area contributed by atoms with Crippen LogP contribution in [0.15, 0.2) is 117 Å². The van der Waals surface area contributed by atoms with Gasteiger partial charge in [-0.1, -0.05) is 46.2 Å². The van der Waals surface area contributed by atoms with Crippen LogP contribution in [0.3, 0.4) is 0 Å². The van der Waals surface area contributed by atoms with E-state index in [-0.39, 0.29) is 57.2 Å². The normalized spacial score (nSPS) is 12.2. The molecule has 16 heteroatoms. The van der Waals surface area contributed by atoms with Crippen molar-refractivity contribution in [3.05, 3.63) is 131 Å². The van der Waals surface area contributed by atoms with Crippen LogP contribution in [0.1, 0.15) is 33.9 Å². The first-order chi connectivity index (χ1) is 23.4. The predicted octanol–water partition coefficient (Wildman–Crippen LogP) is 3.50. The summed E-state index contributed by atoms with van der Waals surface area (Å²) in [5.41, 5.74) is 9.62. The molecule has 0 unspecified atom stereocenters. The number of benzene rings is 4. The summed E-state index contributed by atoms with van der Waals surface area (Å²) in [5.74, 6) is -0.554. The Morgan fingerprint density at radius 2 is 0.875 bits per heavy atom. The summed E-state index contributed by atoms with van der Waals surface area (Å²) >= 11 is 0. The molecule has 0 bridgehead atoms. The summed E-state index contributed by atoms with van der Waals surface area (Å²) in [4.78, 5) is 2.11. The quantitative estimate of drug-likeness (QED) is 0.105. The highest BCUT2D eigenvalue weighted by Gasteiger charge is 2.37. The maximum atomic E-state index is 10.2. The monoisotopic (exact) mass is 640 g/mol. The van der Waals surface area contributed by atoms with Crippen molar-refractivity contribution in [2.24, 2.45) is 20.4 Å². The van der Waals surface area contributed by atoms with E-state index in [1.807, 2.05) is 60.7 Å². The molecule has 1 aliphatic carbocycles. The van der Waals surface area contributed by atoms with E-state index in [0.717, 1.165) is 9.81 Å². The third-order valence-corrected chi connectivity index (χ3v) is 6.87. The summed E-state index contributed by atoms with van der Waals surface area (Å²) in [5, 5.41) is 75.8. The number of rotatable bonds is 8. The highest BCUT2D eigenvalue weighted by atomic mass is 16.3. The maximum Gasteiger partial charge on any atom is 0.147 e. The zero-order chi connectivity index (χ0) is 33.0.